The lowest BCUT2D eigenvalue weighted by Gasteiger charge is -2.28. The fourth-order valence-electron chi connectivity index (χ4n) is 9.65. The molecule has 18 heteroatoms. The molecular weight excluding hydrogens is 1190 g/mol. The Hall–Kier alpha value is -8.88. The molecule has 450 valence electrons. The van der Waals surface area contributed by atoms with Crippen LogP contribution < -0.4 is 19.3 Å². The van der Waals surface area contributed by atoms with E-state index in [1.54, 1.807) is 97.1 Å². The Bertz CT molecular complexity index is 4030. The minimum atomic E-state index is -4.02. The summed E-state index contributed by atoms with van der Waals surface area (Å²) in [4.78, 5) is 4.56. The van der Waals surface area contributed by atoms with Crippen molar-refractivity contribution in [2.45, 2.75) is 74.3 Å². The average Bonchev–Trinajstić information content (AvgIpc) is 1.18. The summed E-state index contributed by atoms with van der Waals surface area (Å²) in [6, 6.07) is 67.5. The molecule has 0 saturated heterocycles. The van der Waals surface area contributed by atoms with Crippen LogP contribution in [0.5, 0.6) is 11.5 Å². The first-order chi connectivity index (χ1) is 42.0. The molecule has 0 heterocycles. The molecule has 0 radical (unpaired) electrons. The molecule has 0 unspecified atom stereocenters. The maximum atomic E-state index is 13.2. The van der Waals surface area contributed by atoms with Gasteiger partial charge in [0, 0.05) is 34.1 Å². The van der Waals surface area contributed by atoms with Crippen LogP contribution in [0.2, 0.25) is 0 Å². The standard InChI is InChI=1S/C70H64N2O12S4/c1-49-7-33-65(34-8-49)85(73,74)47-81-63-29-25-61(26-30-63)72(62-27-31-64(32-28-62)82-48-86(75,76)66-35-9-50(2)10-36-66)70-42-20-58(44-54(70)6)57-19-41-69(53(5)43-57)71(59-21-15-55(16-22-59)45-83-87(77,78)67-37-11-51(3)12-38-67)60-23-17-56(18-24-60)46-84-88(79,80)68-39-13-52(4)14-40-68/h7-44H,45-48H2,1-6H3. The first kappa shape index (κ1) is 62.2. The topological polar surface area (TPSA) is 180 Å². The Morgan fingerprint density at radius 1 is 0.307 bits per heavy atom. The summed E-state index contributed by atoms with van der Waals surface area (Å²) in [6.07, 6.45) is 0. The Morgan fingerprint density at radius 2 is 0.580 bits per heavy atom. The first-order valence-corrected chi connectivity index (χ1v) is 34.1. The molecule has 0 aliphatic carbocycles. The zero-order valence-electron chi connectivity index (χ0n) is 49.2. The van der Waals surface area contributed by atoms with Crippen molar-refractivity contribution in [1.29, 1.82) is 0 Å². The lowest BCUT2D eigenvalue weighted by molar-refractivity contribution is 0.307. The Balaban J connectivity index is 0.934. The molecule has 0 aromatic heterocycles. The van der Waals surface area contributed by atoms with E-state index < -0.39 is 51.8 Å². The van der Waals surface area contributed by atoms with Crippen molar-refractivity contribution in [1.82, 2.24) is 0 Å². The zero-order valence-corrected chi connectivity index (χ0v) is 52.5. The second-order valence-corrected chi connectivity index (χ2v) is 28.5. The number of ether oxygens (including phenoxy) is 2. The summed E-state index contributed by atoms with van der Waals surface area (Å²) in [5.74, 6) is -0.403. The van der Waals surface area contributed by atoms with Gasteiger partial charge in [-0.2, -0.15) is 16.8 Å². The van der Waals surface area contributed by atoms with Crippen molar-refractivity contribution in [2.75, 3.05) is 21.7 Å². The molecule has 0 N–H and O–H groups in total. The van der Waals surface area contributed by atoms with E-state index in [4.69, 9.17) is 17.8 Å². The minimum absolute atomic E-state index is 0.0670. The van der Waals surface area contributed by atoms with Gasteiger partial charge in [-0.05, 0) is 221 Å². The molecule has 0 fully saturated rings. The van der Waals surface area contributed by atoms with Crippen molar-refractivity contribution in [3.63, 3.8) is 0 Å². The van der Waals surface area contributed by atoms with Crippen LogP contribution in [0.15, 0.2) is 250 Å². The summed E-state index contributed by atoms with van der Waals surface area (Å²) in [5.41, 5.74) is 13.3. The molecule has 14 nitrogen and oxygen atoms in total. The van der Waals surface area contributed by atoms with E-state index >= 15 is 0 Å². The van der Waals surface area contributed by atoms with Gasteiger partial charge in [0.25, 0.3) is 20.2 Å². The van der Waals surface area contributed by atoms with Crippen LogP contribution in [-0.2, 0) is 61.5 Å². The number of hydrogen-bond acceptors (Lipinski definition) is 14. The predicted molar refractivity (Wildman–Crippen MR) is 345 cm³/mol. The minimum Gasteiger partial charge on any atom is -0.477 e. The summed E-state index contributed by atoms with van der Waals surface area (Å²) < 4.78 is 128. The van der Waals surface area contributed by atoms with E-state index in [1.807, 2.05) is 144 Å². The third-order valence-corrected chi connectivity index (χ3v) is 20.1. The van der Waals surface area contributed by atoms with Gasteiger partial charge < -0.3 is 19.3 Å². The molecule has 10 rings (SSSR count). The van der Waals surface area contributed by atoms with Crippen LogP contribution in [0, 0.1) is 41.5 Å². The first-order valence-electron chi connectivity index (χ1n) is 28.0. The zero-order chi connectivity index (χ0) is 62.4. The molecule has 0 spiro atoms. The number of rotatable bonds is 23. The van der Waals surface area contributed by atoms with E-state index in [1.165, 1.54) is 24.3 Å². The third kappa shape index (κ3) is 14.9. The fourth-order valence-corrected chi connectivity index (χ4v) is 13.4. The highest BCUT2D eigenvalue weighted by molar-refractivity contribution is 7.91. The maximum absolute atomic E-state index is 13.2. The van der Waals surface area contributed by atoms with Crippen LogP contribution in [0.1, 0.15) is 44.5 Å². The third-order valence-electron chi connectivity index (χ3n) is 14.7. The van der Waals surface area contributed by atoms with Gasteiger partial charge in [0.1, 0.15) is 11.5 Å². The summed E-state index contributed by atoms with van der Waals surface area (Å²) in [5, 5.41) is 0. The molecule has 0 atom stereocenters. The summed E-state index contributed by atoms with van der Waals surface area (Å²) in [7, 11) is -15.5. The quantitative estimate of drug-likeness (QED) is 0.0552. The molecule has 0 aliphatic rings. The fraction of sp³-hybridized carbons (Fsp3) is 0.143. The van der Waals surface area contributed by atoms with Crippen LogP contribution >= 0.6 is 0 Å². The highest BCUT2D eigenvalue weighted by atomic mass is 32.2. The van der Waals surface area contributed by atoms with Gasteiger partial charge in [-0.25, -0.2) is 16.8 Å². The smallest absolute Gasteiger partial charge is 0.297 e. The Labute approximate surface area is 515 Å². The number of anilines is 6. The lowest BCUT2D eigenvalue weighted by Crippen LogP contribution is -2.14. The summed E-state index contributed by atoms with van der Waals surface area (Å²) >= 11 is 0. The lowest BCUT2D eigenvalue weighted by atomic mass is 9.98. The second kappa shape index (κ2) is 26.2. The Kier molecular flexibility index (Phi) is 18.5. The molecule has 88 heavy (non-hydrogen) atoms. The van der Waals surface area contributed by atoms with Gasteiger partial charge >= 0.3 is 0 Å². The van der Waals surface area contributed by atoms with Crippen LogP contribution in [0.4, 0.5) is 34.1 Å². The summed E-state index contributed by atoms with van der Waals surface area (Å²) in [6.45, 7) is 11.2. The van der Waals surface area contributed by atoms with Gasteiger partial charge in [-0.15, -0.1) is 0 Å². The number of aryl methyl sites for hydroxylation is 6. The number of nitrogens with zero attached hydrogens (tertiary/aromatic N) is 2. The molecule has 10 aromatic rings. The van der Waals surface area contributed by atoms with E-state index in [0.29, 0.717) is 22.6 Å². The average molecular weight is 1250 g/mol. The molecular formula is C70H64N2O12S4. The molecule has 0 bridgehead atoms. The van der Waals surface area contributed by atoms with Crippen LogP contribution in [-0.4, -0.2) is 45.5 Å². The normalized spacial score (nSPS) is 11.9. The van der Waals surface area contributed by atoms with Gasteiger partial charge in [0.05, 0.1) is 32.8 Å². The maximum Gasteiger partial charge on any atom is 0.297 e. The molecule has 0 amide bonds. The number of hydrogen-bond donors (Lipinski definition) is 0. The second-order valence-electron chi connectivity index (χ2n) is 21.4. The van der Waals surface area contributed by atoms with Gasteiger partial charge in [0.15, 0.2) is 11.9 Å². The molecule has 0 saturated carbocycles. The van der Waals surface area contributed by atoms with Gasteiger partial charge in [-0.1, -0.05) is 107 Å². The monoisotopic (exact) mass is 1250 g/mol. The molecule has 0 aliphatic heterocycles. The van der Waals surface area contributed by atoms with Crippen molar-refractivity contribution < 1.29 is 51.5 Å². The van der Waals surface area contributed by atoms with E-state index in [-0.39, 0.29) is 32.8 Å². The Morgan fingerprint density at radius 3 is 0.864 bits per heavy atom. The van der Waals surface area contributed by atoms with Gasteiger partial charge in [-0.3, -0.25) is 8.37 Å². The van der Waals surface area contributed by atoms with E-state index in [0.717, 1.165) is 78.6 Å². The molecule has 10 aromatic carbocycles. The van der Waals surface area contributed by atoms with Crippen molar-refractivity contribution in [3.8, 4) is 22.6 Å². The highest BCUT2D eigenvalue weighted by Gasteiger charge is 2.23. The van der Waals surface area contributed by atoms with Crippen molar-refractivity contribution in [2.24, 2.45) is 0 Å². The predicted octanol–water partition coefficient (Wildman–Crippen LogP) is 15.6. The van der Waals surface area contributed by atoms with E-state index in [2.05, 4.69) is 17.0 Å². The SMILES string of the molecule is Cc1ccc(S(=O)(=O)COc2ccc(N(c3ccc(OCS(=O)(=O)c4ccc(C)cc4)cc3)c3ccc(-c4ccc(N(c5ccc(COS(=O)(=O)c6ccc(C)cc6)cc5)c5ccc(COS(=O)(=O)c6ccc(C)cc6)cc5)c(C)c4)cc3C)cc2)cc1. The van der Waals surface area contributed by atoms with Crippen LogP contribution in [0.25, 0.3) is 11.1 Å². The van der Waals surface area contributed by atoms with Crippen LogP contribution in [0.3, 0.4) is 0 Å². The van der Waals surface area contributed by atoms with Crippen molar-refractivity contribution >= 4 is 74.0 Å². The van der Waals surface area contributed by atoms with E-state index in [9.17, 15) is 33.7 Å². The number of sulfone groups is 2. The largest absolute Gasteiger partial charge is 0.477 e. The van der Waals surface area contributed by atoms with Gasteiger partial charge in [0.2, 0.25) is 19.7 Å². The highest BCUT2D eigenvalue weighted by Crippen LogP contribution is 2.42. The van der Waals surface area contributed by atoms with Crippen molar-refractivity contribution in [3.05, 3.63) is 275 Å². The number of benzene rings is 10.